The summed E-state index contributed by atoms with van der Waals surface area (Å²) in [5.74, 6) is -0.886. The molecule has 0 fully saturated rings. The topological polar surface area (TPSA) is 42.2 Å². The molecule has 0 saturated carbocycles. The molecule has 2 aromatic heterocycles. The SMILES string of the molecule is O=C(O)c1cc2sccc2n1Cc1cccc2ccccc12. The first-order chi connectivity index (χ1) is 10.7. The predicted octanol–water partition coefficient (Wildman–Crippen LogP) is 4.60. The first kappa shape index (κ1) is 13.1. The van der Waals surface area contributed by atoms with E-state index in [4.69, 9.17) is 0 Å². The Kier molecular flexibility index (Phi) is 2.98. The van der Waals surface area contributed by atoms with Crippen molar-refractivity contribution >= 4 is 38.3 Å². The third kappa shape index (κ3) is 2.00. The van der Waals surface area contributed by atoms with Crippen LogP contribution >= 0.6 is 11.3 Å². The van der Waals surface area contributed by atoms with E-state index in [1.54, 1.807) is 17.4 Å². The van der Waals surface area contributed by atoms with Gasteiger partial charge in [0.2, 0.25) is 0 Å². The van der Waals surface area contributed by atoms with Crippen molar-refractivity contribution in [2.24, 2.45) is 0 Å². The lowest BCUT2D eigenvalue weighted by molar-refractivity contribution is 0.0686. The maximum Gasteiger partial charge on any atom is 0.352 e. The minimum atomic E-state index is -0.886. The second kappa shape index (κ2) is 5.00. The number of fused-ring (bicyclic) bond motifs is 2. The van der Waals surface area contributed by atoms with Gasteiger partial charge in [-0.3, -0.25) is 0 Å². The molecule has 22 heavy (non-hydrogen) atoms. The van der Waals surface area contributed by atoms with Crippen LogP contribution in [0.15, 0.2) is 60.0 Å². The highest BCUT2D eigenvalue weighted by molar-refractivity contribution is 7.17. The zero-order valence-corrected chi connectivity index (χ0v) is 12.5. The standard InChI is InChI=1S/C18H13NO2S/c20-18(21)16-10-17-15(8-9-22-17)19(16)11-13-6-3-5-12-4-1-2-7-14(12)13/h1-10H,11H2,(H,20,21). The lowest BCUT2D eigenvalue weighted by Crippen LogP contribution is -2.09. The zero-order valence-electron chi connectivity index (χ0n) is 11.7. The van der Waals surface area contributed by atoms with Crippen LogP contribution in [0.4, 0.5) is 0 Å². The van der Waals surface area contributed by atoms with Crippen molar-refractivity contribution in [2.45, 2.75) is 6.54 Å². The van der Waals surface area contributed by atoms with Crippen LogP contribution < -0.4 is 0 Å². The average molecular weight is 307 g/mol. The number of hydrogen-bond acceptors (Lipinski definition) is 2. The van der Waals surface area contributed by atoms with Gasteiger partial charge in [0.15, 0.2) is 0 Å². The minimum absolute atomic E-state index is 0.342. The second-order valence-electron chi connectivity index (χ2n) is 5.23. The Morgan fingerprint density at radius 2 is 1.91 bits per heavy atom. The fourth-order valence-corrected chi connectivity index (χ4v) is 3.75. The summed E-state index contributed by atoms with van der Waals surface area (Å²) in [7, 11) is 0. The molecule has 0 aliphatic carbocycles. The van der Waals surface area contributed by atoms with Gasteiger partial charge in [0.05, 0.1) is 10.2 Å². The van der Waals surface area contributed by atoms with E-state index in [0.29, 0.717) is 12.2 Å². The molecule has 0 radical (unpaired) electrons. The highest BCUT2D eigenvalue weighted by atomic mass is 32.1. The van der Waals surface area contributed by atoms with Crippen LogP contribution in [-0.2, 0) is 6.54 Å². The zero-order chi connectivity index (χ0) is 15.1. The summed E-state index contributed by atoms with van der Waals surface area (Å²) in [6.07, 6.45) is 0. The van der Waals surface area contributed by atoms with Crippen molar-refractivity contribution in [3.63, 3.8) is 0 Å². The number of carbonyl (C=O) groups is 1. The third-order valence-corrected chi connectivity index (χ3v) is 4.80. The summed E-state index contributed by atoms with van der Waals surface area (Å²) < 4.78 is 2.90. The van der Waals surface area contributed by atoms with E-state index in [2.05, 4.69) is 24.3 Å². The maximum absolute atomic E-state index is 11.5. The lowest BCUT2D eigenvalue weighted by Gasteiger charge is -2.10. The summed E-state index contributed by atoms with van der Waals surface area (Å²) in [4.78, 5) is 11.5. The molecular formula is C18H13NO2S. The molecule has 3 nitrogen and oxygen atoms in total. The van der Waals surface area contributed by atoms with Crippen molar-refractivity contribution in [1.82, 2.24) is 4.57 Å². The Morgan fingerprint density at radius 1 is 1.09 bits per heavy atom. The number of aromatic carboxylic acids is 1. The van der Waals surface area contributed by atoms with E-state index in [1.807, 2.05) is 34.2 Å². The first-order valence-electron chi connectivity index (χ1n) is 7.01. The third-order valence-electron chi connectivity index (χ3n) is 3.95. The predicted molar refractivity (Wildman–Crippen MR) is 89.8 cm³/mol. The van der Waals surface area contributed by atoms with E-state index in [-0.39, 0.29) is 0 Å². The summed E-state index contributed by atoms with van der Waals surface area (Å²) in [6, 6.07) is 18.1. The van der Waals surface area contributed by atoms with Crippen molar-refractivity contribution in [3.05, 3.63) is 71.2 Å². The molecule has 4 heteroatoms. The number of nitrogens with zero attached hydrogens (tertiary/aromatic N) is 1. The molecule has 0 spiro atoms. The highest BCUT2D eigenvalue weighted by Crippen LogP contribution is 2.28. The number of rotatable bonds is 3. The van der Waals surface area contributed by atoms with E-state index >= 15 is 0 Å². The molecule has 0 saturated heterocycles. The van der Waals surface area contributed by atoms with Gasteiger partial charge < -0.3 is 9.67 Å². The lowest BCUT2D eigenvalue weighted by atomic mass is 10.0. The van der Waals surface area contributed by atoms with Crippen LogP contribution in [-0.4, -0.2) is 15.6 Å². The maximum atomic E-state index is 11.5. The summed E-state index contributed by atoms with van der Waals surface area (Å²) in [6.45, 7) is 0.559. The molecule has 2 aromatic carbocycles. The number of benzene rings is 2. The summed E-state index contributed by atoms with van der Waals surface area (Å²) >= 11 is 1.57. The Labute approximate surface area is 131 Å². The van der Waals surface area contributed by atoms with Gasteiger partial charge in [0.25, 0.3) is 0 Å². The molecule has 108 valence electrons. The van der Waals surface area contributed by atoms with Crippen LogP contribution in [0, 0.1) is 0 Å². The molecule has 0 amide bonds. The highest BCUT2D eigenvalue weighted by Gasteiger charge is 2.16. The molecule has 0 atom stereocenters. The van der Waals surface area contributed by atoms with Crippen LogP contribution in [0.2, 0.25) is 0 Å². The Morgan fingerprint density at radius 3 is 2.77 bits per heavy atom. The van der Waals surface area contributed by atoms with Gasteiger partial charge in [0, 0.05) is 6.54 Å². The number of carboxylic acids is 1. The monoisotopic (exact) mass is 307 g/mol. The van der Waals surface area contributed by atoms with Gasteiger partial charge in [-0.2, -0.15) is 0 Å². The molecule has 0 aliphatic rings. The smallest absolute Gasteiger partial charge is 0.352 e. The average Bonchev–Trinajstić information content (AvgIpc) is 3.10. The Hall–Kier alpha value is -2.59. The van der Waals surface area contributed by atoms with Crippen molar-refractivity contribution in [1.29, 1.82) is 0 Å². The largest absolute Gasteiger partial charge is 0.477 e. The van der Waals surface area contributed by atoms with Gasteiger partial charge in [0.1, 0.15) is 5.69 Å². The van der Waals surface area contributed by atoms with E-state index in [1.165, 1.54) is 10.8 Å². The molecule has 4 rings (SSSR count). The Balaban J connectivity index is 1.91. The Bertz CT molecular complexity index is 991. The first-order valence-corrected chi connectivity index (χ1v) is 7.88. The van der Waals surface area contributed by atoms with Crippen LogP contribution in [0.5, 0.6) is 0 Å². The molecule has 2 heterocycles. The van der Waals surface area contributed by atoms with E-state index < -0.39 is 5.97 Å². The summed E-state index contributed by atoms with van der Waals surface area (Å²) in [5.41, 5.74) is 2.45. The van der Waals surface area contributed by atoms with E-state index in [9.17, 15) is 9.90 Å². The van der Waals surface area contributed by atoms with Crippen LogP contribution in [0.1, 0.15) is 16.1 Å². The number of carboxylic acid groups (broad SMARTS) is 1. The van der Waals surface area contributed by atoms with Crippen LogP contribution in [0.3, 0.4) is 0 Å². The normalized spacial score (nSPS) is 11.3. The van der Waals surface area contributed by atoms with Crippen molar-refractivity contribution in [3.8, 4) is 0 Å². The van der Waals surface area contributed by atoms with Gasteiger partial charge in [-0.15, -0.1) is 11.3 Å². The fourth-order valence-electron chi connectivity index (χ4n) is 2.93. The van der Waals surface area contributed by atoms with Crippen molar-refractivity contribution in [2.75, 3.05) is 0 Å². The molecule has 0 bridgehead atoms. The second-order valence-corrected chi connectivity index (χ2v) is 6.18. The number of thiophene rings is 1. The van der Waals surface area contributed by atoms with Gasteiger partial charge >= 0.3 is 5.97 Å². The molecule has 1 N–H and O–H groups in total. The summed E-state index contributed by atoms with van der Waals surface area (Å²) in [5, 5.41) is 13.8. The molecular weight excluding hydrogens is 294 g/mol. The van der Waals surface area contributed by atoms with E-state index in [0.717, 1.165) is 15.8 Å². The van der Waals surface area contributed by atoms with Crippen LogP contribution in [0.25, 0.3) is 21.0 Å². The fraction of sp³-hybridized carbons (Fsp3) is 0.0556. The van der Waals surface area contributed by atoms with Gasteiger partial charge in [-0.1, -0.05) is 42.5 Å². The molecule has 4 aromatic rings. The van der Waals surface area contributed by atoms with Gasteiger partial charge in [-0.05, 0) is 33.8 Å². The van der Waals surface area contributed by atoms with Gasteiger partial charge in [-0.25, -0.2) is 4.79 Å². The molecule has 0 aliphatic heterocycles. The minimum Gasteiger partial charge on any atom is -0.477 e. The number of hydrogen-bond donors (Lipinski definition) is 1. The quantitative estimate of drug-likeness (QED) is 0.601. The van der Waals surface area contributed by atoms with Crippen molar-refractivity contribution < 1.29 is 9.90 Å². The molecule has 0 unspecified atom stereocenters. The number of aromatic nitrogens is 1.